The van der Waals surface area contributed by atoms with Gasteiger partial charge in [-0.1, -0.05) is 18.2 Å². The monoisotopic (exact) mass is 306 g/mol. The number of likely N-dealkylation sites (N-methyl/N-ethyl adjacent to an activating group) is 1. The van der Waals surface area contributed by atoms with Crippen LogP contribution in [-0.4, -0.2) is 37.7 Å². The molecule has 0 radical (unpaired) electrons. The normalized spacial score (nSPS) is 19.7. The zero-order valence-electron chi connectivity index (χ0n) is 11.5. The lowest BCUT2D eigenvalue weighted by molar-refractivity contribution is -0.0508. The lowest BCUT2D eigenvalue weighted by Crippen LogP contribution is -2.43. The third kappa shape index (κ3) is 4.89. The van der Waals surface area contributed by atoms with Crippen LogP contribution in [0.2, 0.25) is 0 Å². The van der Waals surface area contributed by atoms with E-state index in [0.717, 1.165) is 25.1 Å². The second kappa shape index (κ2) is 8.39. The van der Waals surface area contributed by atoms with Crippen LogP contribution >= 0.6 is 12.4 Å². The summed E-state index contributed by atoms with van der Waals surface area (Å²) in [7, 11) is 1.96. The van der Waals surface area contributed by atoms with Gasteiger partial charge < -0.3 is 10.1 Å². The predicted octanol–water partition coefficient (Wildman–Crippen LogP) is 2.89. The molecule has 1 aromatic carbocycles. The zero-order chi connectivity index (χ0) is 13.7. The highest BCUT2D eigenvalue weighted by Gasteiger charge is 2.19. The molecule has 0 bridgehead atoms. The minimum atomic E-state index is -2.77. The molecule has 0 aliphatic carbocycles. The molecule has 2 rings (SSSR count). The van der Waals surface area contributed by atoms with Crippen LogP contribution in [-0.2, 0) is 6.54 Å². The molecule has 1 unspecified atom stereocenters. The Morgan fingerprint density at radius 2 is 2.15 bits per heavy atom. The van der Waals surface area contributed by atoms with Crippen molar-refractivity contribution in [3.63, 3.8) is 0 Å². The number of para-hydroxylation sites is 1. The lowest BCUT2D eigenvalue weighted by atomic mass is 10.0. The van der Waals surface area contributed by atoms with E-state index in [1.807, 2.05) is 19.2 Å². The van der Waals surface area contributed by atoms with Crippen molar-refractivity contribution in [1.29, 1.82) is 0 Å². The SMILES string of the molecule is CNC1CCCN(Cc2ccccc2OC(F)F)C1.Cl. The van der Waals surface area contributed by atoms with Gasteiger partial charge in [-0.2, -0.15) is 8.78 Å². The largest absolute Gasteiger partial charge is 0.434 e. The number of rotatable bonds is 5. The minimum absolute atomic E-state index is 0. The van der Waals surface area contributed by atoms with Crippen LogP contribution in [0, 0.1) is 0 Å². The summed E-state index contributed by atoms with van der Waals surface area (Å²) >= 11 is 0. The van der Waals surface area contributed by atoms with Gasteiger partial charge in [-0.25, -0.2) is 0 Å². The molecule has 20 heavy (non-hydrogen) atoms. The van der Waals surface area contributed by atoms with Crippen LogP contribution in [0.15, 0.2) is 24.3 Å². The highest BCUT2D eigenvalue weighted by atomic mass is 35.5. The van der Waals surface area contributed by atoms with Crippen LogP contribution in [0.4, 0.5) is 8.78 Å². The molecule has 1 heterocycles. The molecule has 0 aromatic heterocycles. The van der Waals surface area contributed by atoms with Crippen molar-refractivity contribution < 1.29 is 13.5 Å². The van der Waals surface area contributed by atoms with E-state index in [4.69, 9.17) is 0 Å². The van der Waals surface area contributed by atoms with Crippen LogP contribution in [0.3, 0.4) is 0 Å². The van der Waals surface area contributed by atoms with E-state index in [1.165, 1.54) is 6.42 Å². The number of nitrogens with zero attached hydrogens (tertiary/aromatic N) is 1. The van der Waals surface area contributed by atoms with Crippen molar-refractivity contribution >= 4 is 12.4 Å². The number of halogens is 3. The highest BCUT2D eigenvalue weighted by molar-refractivity contribution is 5.85. The van der Waals surface area contributed by atoms with Crippen LogP contribution in [0.5, 0.6) is 5.75 Å². The Morgan fingerprint density at radius 3 is 2.85 bits per heavy atom. The Labute approximate surface area is 124 Å². The summed E-state index contributed by atoms with van der Waals surface area (Å²) in [6, 6.07) is 7.50. The molecule has 1 saturated heterocycles. The average Bonchev–Trinajstić information content (AvgIpc) is 2.41. The Bertz CT molecular complexity index is 407. The van der Waals surface area contributed by atoms with Gasteiger partial charge in [0.15, 0.2) is 0 Å². The number of benzene rings is 1. The standard InChI is InChI=1S/C14H20F2N2O.ClH/c1-17-12-6-4-8-18(10-12)9-11-5-2-3-7-13(11)19-14(15)16;/h2-3,5,7,12,14,17H,4,6,8-10H2,1H3;1H. The van der Waals surface area contributed by atoms with E-state index < -0.39 is 6.61 Å². The highest BCUT2D eigenvalue weighted by Crippen LogP contribution is 2.23. The average molecular weight is 307 g/mol. The maximum Gasteiger partial charge on any atom is 0.387 e. The van der Waals surface area contributed by atoms with Gasteiger partial charge in [0, 0.05) is 24.7 Å². The Balaban J connectivity index is 0.00000200. The molecule has 1 aromatic rings. The first-order valence-electron chi connectivity index (χ1n) is 6.61. The third-order valence-electron chi connectivity index (χ3n) is 3.50. The third-order valence-corrected chi connectivity index (χ3v) is 3.50. The number of likely N-dealkylation sites (tertiary alicyclic amines) is 1. The molecule has 1 N–H and O–H groups in total. The van der Waals surface area contributed by atoms with Gasteiger partial charge in [-0.15, -0.1) is 12.4 Å². The molecular weight excluding hydrogens is 286 g/mol. The predicted molar refractivity (Wildman–Crippen MR) is 77.7 cm³/mol. The van der Waals surface area contributed by atoms with E-state index in [2.05, 4.69) is 15.0 Å². The second-order valence-corrected chi connectivity index (χ2v) is 4.85. The molecule has 6 heteroatoms. The maximum atomic E-state index is 12.3. The molecule has 1 atom stereocenters. The molecule has 1 aliphatic heterocycles. The fourth-order valence-electron chi connectivity index (χ4n) is 2.52. The first-order chi connectivity index (χ1) is 9.19. The fraction of sp³-hybridized carbons (Fsp3) is 0.571. The van der Waals surface area contributed by atoms with E-state index in [-0.39, 0.29) is 18.2 Å². The van der Waals surface area contributed by atoms with E-state index in [9.17, 15) is 8.78 Å². The number of ether oxygens (including phenoxy) is 1. The molecule has 1 aliphatic rings. The van der Waals surface area contributed by atoms with Crippen molar-refractivity contribution in [1.82, 2.24) is 10.2 Å². The number of nitrogens with one attached hydrogen (secondary N) is 1. The van der Waals surface area contributed by atoms with Crippen molar-refractivity contribution in [2.45, 2.75) is 32.0 Å². The fourth-order valence-corrected chi connectivity index (χ4v) is 2.52. The van der Waals surface area contributed by atoms with Gasteiger partial charge in [0.05, 0.1) is 0 Å². The molecular formula is C14H21ClF2N2O. The van der Waals surface area contributed by atoms with Crippen molar-refractivity contribution in [2.24, 2.45) is 0 Å². The van der Waals surface area contributed by atoms with Crippen molar-refractivity contribution in [3.05, 3.63) is 29.8 Å². The number of hydrogen-bond acceptors (Lipinski definition) is 3. The quantitative estimate of drug-likeness (QED) is 0.905. The summed E-state index contributed by atoms with van der Waals surface area (Å²) in [5.74, 6) is 0.282. The van der Waals surface area contributed by atoms with Crippen molar-refractivity contribution in [2.75, 3.05) is 20.1 Å². The summed E-state index contributed by atoms with van der Waals surface area (Å²) in [5.41, 5.74) is 0.819. The van der Waals surface area contributed by atoms with Gasteiger partial charge in [-0.3, -0.25) is 4.90 Å². The Kier molecular flexibility index (Phi) is 7.19. The van der Waals surface area contributed by atoms with Crippen molar-refractivity contribution in [3.8, 4) is 5.75 Å². The van der Waals surface area contributed by atoms with Gasteiger partial charge in [0.1, 0.15) is 5.75 Å². The Morgan fingerprint density at radius 1 is 1.40 bits per heavy atom. The Hall–Kier alpha value is -0.910. The van der Waals surface area contributed by atoms with Gasteiger partial charge in [0.25, 0.3) is 0 Å². The van der Waals surface area contributed by atoms with Gasteiger partial charge in [0.2, 0.25) is 0 Å². The molecule has 0 saturated carbocycles. The van der Waals surface area contributed by atoms with Crippen LogP contribution < -0.4 is 10.1 Å². The first-order valence-corrected chi connectivity index (χ1v) is 6.61. The van der Waals surface area contributed by atoms with Crippen LogP contribution in [0.25, 0.3) is 0 Å². The number of piperidine rings is 1. The van der Waals surface area contributed by atoms with E-state index >= 15 is 0 Å². The molecule has 0 amide bonds. The number of hydrogen-bond donors (Lipinski definition) is 1. The number of alkyl halides is 2. The van der Waals surface area contributed by atoms with Gasteiger partial charge >= 0.3 is 6.61 Å². The minimum Gasteiger partial charge on any atom is -0.434 e. The molecule has 3 nitrogen and oxygen atoms in total. The molecule has 114 valence electrons. The summed E-state index contributed by atoms with van der Waals surface area (Å²) in [4.78, 5) is 2.28. The first kappa shape index (κ1) is 17.1. The molecule has 0 spiro atoms. The summed E-state index contributed by atoms with van der Waals surface area (Å²) in [6.45, 7) is -0.172. The topological polar surface area (TPSA) is 24.5 Å². The zero-order valence-corrected chi connectivity index (χ0v) is 12.3. The smallest absolute Gasteiger partial charge is 0.387 e. The summed E-state index contributed by atoms with van der Waals surface area (Å²) in [5, 5.41) is 3.27. The lowest BCUT2D eigenvalue weighted by Gasteiger charge is -2.32. The maximum absolute atomic E-state index is 12.3. The van der Waals surface area contributed by atoms with Gasteiger partial charge in [-0.05, 0) is 32.5 Å². The van der Waals surface area contributed by atoms with E-state index in [0.29, 0.717) is 12.6 Å². The second-order valence-electron chi connectivity index (χ2n) is 4.85. The summed E-state index contributed by atoms with van der Waals surface area (Å²) in [6.07, 6.45) is 2.30. The van der Waals surface area contributed by atoms with E-state index in [1.54, 1.807) is 12.1 Å². The van der Waals surface area contributed by atoms with Crippen LogP contribution in [0.1, 0.15) is 18.4 Å². The summed E-state index contributed by atoms with van der Waals surface area (Å²) < 4.78 is 29.3. The molecule has 1 fully saturated rings.